The van der Waals surface area contributed by atoms with Gasteiger partial charge in [0.1, 0.15) is 0 Å². The van der Waals surface area contributed by atoms with Gasteiger partial charge < -0.3 is 9.88 Å². The van der Waals surface area contributed by atoms with Crippen LogP contribution in [-0.4, -0.2) is 27.9 Å². The zero-order valence-corrected chi connectivity index (χ0v) is 12.0. The van der Waals surface area contributed by atoms with Gasteiger partial charge in [-0.3, -0.25) is 0 Å². The van der Waals surface area contributed by atoms with Crippen molar-refractivity contribution in [3.8, 4) is 0 Å². The Hall–Kier alpha value is -1.03. The zero-order valence-electron chi connectivity index (χ0n) is 10.4. The van der Waals surface area contributed by atoms with Gasteiger partial charge >= 0.3 is 0 Å². The summed E-state index contributed by atoms with van der Waals surface area (Å²) in [7, 11) is 0. The van der Waals surface area contributed by atoms with Crippen LogP contribution in [0, 0.1) is 0 Å². The molecule has 1 fully saturated rings. The predicted octanol–water partition coefficient (Wildman–Crippen LogP) is 3.71. The fourth-order valence-corrected chi connectivity index (χ4v) is 3.23. The summed E-state index contributed by atoms with van der Waals surface area (Å²) in [6, 6.07) is 8.90. The van der Waals surface area contributed by atoms with Crippen molar-refractivity contribution < 1.29 is 0 Å². The first-order valence-corrected chi connectivity index (χ1v) is 7.78. The lowest BCUT2D eigenvalue weighted by Crippen LogP contribution is -2.35. The Bertz CT molecular complexity index is 483. The second-order valence-corrected chi connectivity index (χ2v) is 5.69. The summed E-state index contributed by atoms with van der Waals surface area (Å²) in [6.45, 7) is 1.02. The Morgan fingerprint density at radius 3 is 2.78 bits per heavy atom. The van der Waals surface area contributed by atoms with Gasteiger partial charge in [0.05, 0.1) is 11.0 Å². The van der Waals surface area contributed by atoms with Crippen LogP contribution in [0.3, 0.4) is 0 Å². The average Bonchev–Trinajstić information content (AvgIpc) is 3.04. The standard InChI is InChI=1S/C14H18BrN3/c15-9-10-18(11-5-1-2-6-11)14-16-12-7-3-4-8-13(12)17-14/h3-4,7-8,11H,1-2,5-6,9-10H2,(H,16,17). The number of imidazole rings is 1. The van der Waals surface area contributed by atoms with Crippen LogP contribution in [0.2, 0.25) is 0 Å². The Balaban J connectivity index is 1.92. The van der Waals surface area contributed by atoms with Gasteiger partial charge in [-0.2, -0.15) is 0 Å². The number of para-hydroxylation sites is 2. The number of fused-ring (bicyclic) bond motifs is 1. The lowest BCUT2D eigenvalue weighted by atomic mass is 10.2. The molecule has 18 heavy (non-hydrogen) atoms. The summed E-state index contributed by atoms with van der Waals surface area (Å²) < 4.78 is 0. The number of hydrogen-bond donors (Lipinski definition) is 1. The number of anilines is 1. The fourth-order valence-electron chi connectivity index (χ4n) is 2.84. The Labute approximate surface area is 116 Å². The Morgan fingerprint density at radius 2 is 2.06 bits per heavy atom. The highest BCUT2D eigenvalue weighted by Gasteiger charge is 2.24. The van der Waals surface area contributed by atoms with E-state index in [1.165, 1.54) is 25.7 Å². The minimum absolute atomic E-state index is 0.656. The van der Waals surface area contributed by atoms with E-state index < -0.39 is 0 Å². The summed E-state index contributed by atoms with van der Waals surface area (Å²) >= 11 is 3.55. The third-order valence-electron chi connectivity index (χ3n) is 3.74. The molecule has 3 nitrogen and oxygen atoms in total. The van der Waals surface area contributed by atoms with Gasteiger partial charge in [0.2, 0.25) is 5.95 Å². The molecule has 0 saturated heterocycles. The third kappa shape index (κ3) is 2.26. The number of aromatic amines is 1. The maximum Gasteiger partial charge on any atom is 0.204 e. The van der Waals surface area contributed by atoms with E-state index in [4.69, 9.17) is 4.98 Å². The predicted molar refractivity (Wildman–Crippen MR) is 79.5 cm³/mol. The normalized spacial score (nSPS) is 16.5. The van der Waals surface area contributed by atoms with Crippen LogP contribution >= 0.6 is 15.9 Å². The zero-order chi connectivity index (χ0) is 12.4. The minimum Gasteiger partial charge on any atom is -0.339 e. The molecular weight excluding hydrogens is 290 g/mol. The van der Waals surface area contributed by atoms with Crippen LogP contribution in [0.1, 0.15) is 25.7 Å². The highest BCUT2D eigenvalue weighted by Crippen LogP contribution is 2.27. The molecule has 0 aliphatic heterocycles. The summed E-state index contributed by atoms with van der Waals surface area (Å²) in [5, 5.41) is 0.987. The number of hydrogen-bond acceptors (Lipinski definition) is 2. The van der Waals surface area contributed by atoms with Crippen molar-refractivity contribution in [2.45, 2.75) is 31.7 Å². The van der Waals surface area contributed by atoms with E-state index in [0.29, 0.717) is 6.04 Å². The first-order chi connectivity index (χ1) is 8.88. The minimum atomic E-state index is 0.656. The van der Waals surface area contributed by atoms with E-state index in [1.807, 2.05) is 6.07 Å². The topological polar surface area (TPSA) is 31.9 Å². The molecule has 1 aromatic carbocycles. The molecule has 1 aliphatic rings. The summed E-state index contributed by atoms with van der Waals surface area (Å²) in [4.78, 5) is 10.6. The van der Waals surface area contributed by atoms with Gasteiger partial charge in [-0.25, -0.2) is 4.98 Å². The van der Waals surface area contributed by atoms with Gasteiger partial charge in [0, 0.05) is 17.9 Å². The molecule has 1 saturated carbocycles. The lowest BCUT2D eigenvalue weighted by molar-refractivity contribution is 0.611. The van der Waals surface area contributed by atoms with Crippen LogP contribution in [0.4, 0.5) is 5.95 Å². The largest absolute Gasteiger partial charge is 0.339 e. The molecule has 1 N–H and O–H groups in total. The molecule has 0 amide bonds. The molecule has 0 radical (unpaired) electrons. The molecular formula is C14H18BrN3. The van der Waals surface area contributed by atoms with Gasteiger partial charge in [0.25, 0.3) is 0 Å². The van der Waals surface area contributed by atoms with E-state index in [9.17, 15) is 0 Å². The molecule has 0 atom stereocenters. The van der Waals surface area contributed by atoms with E-state index in [1.54, 1.807) is 0 Å². The highest BCUT2D eigenvalue weighted by atomic mass is 79.9. The van der Waals surface area contributed by atoms with Crippen LogP contribution < -0.4 is 4.90 Å². The molecule has 0 unspecified atom stereocenters. The number of aromatic nitrogens is 2. The van der Waals surface area contributed by atoms with E-state index in [2.05, 4.69) is 44.0 Å². The number of halogens is 1. The Kier molecular flexibility index (Phi) is 3.55. The van der Waals surface area contributed by atoms with E-state index in [-0.39, 0.29) is 0 Å². The second-order valence-electron chi connectivity index (χ2n) is 4.90. The lowest BCUT2D eigenvalue weighted by Gasteiger charge is -2.27. The number of nitrogens with one attached hydrogen (secondary N) is 1. The fraction of sp³-hybridized carbons (Fsp3) is 0.500. The van der Waals surface area contributed by atoms with Crippen molar-refractivity contribution in [3.05, 3.63) is 24.3 Å². The molecule has 96 valence electrons. The van der Waals surface area contributed by atoms with Crippen molar-refractivity contribution in [1.29, 1.82) is 0 Å². The first kappa shape index (κ1) is 12.0. The molecule has 2 aromatic rings. The van der Waals surface area contributed by atoms with Crippen molar-refractivity contribution >= 4 is 32.9 Å². The van der Waals surface area contributed by atoms with Crippen LogP contribution in [0.15, 0.2) is 24.3 Å². The SMILES string of the molecule is BrCCN(c1nc2ccccc2[nH]1)C1CCCC1. The smallest absolute Gasteiger partial charge is 0.204 e. The second kappa shape index (κ2) is 5.31. The monoisotopic (exact) mass is 307 g/mol. The van der Waals surface area contributed by atoms with Crippen molar-refractivity contribution in [1.82, 2.24) is 9.97 Å². The molecule has 1 aliphatic carbocycles. The van der Waals surface area contributed by atoms with Gasteiger partial charge in [0.15, 0.2) is 0 Å². The molecule has 1 aromatic heterocycles. The quantitative estimate of drug-likeness (QED) is 0.873. The molecule has 1 heterocycles. The maximum absolute atomic E-state index is 4.73. The Morgan fingerprint density at radius 1 is 1.28 bits per heavy atom. The molecule has 4 heteroatoms. The highest BCUT2D eigenvalue weighted by molar-refractivity contribution is 9.09. The van der Waals surface area contributed by atoms with Gasteiger partial charge in [-0.1, -0.05) is 40.9 Å². The van der Waals surface area contributed by atoms with Crippen molar-refractivity contribution in [3.63, 3.8) is 0 Å². The number of nitrogens with zero attached hydrogens (tertiary/aromatic N) is 2. The maximum atomic E-state index is 4.73. The summed E-state index contributed by atoms with van der Waals surface area (Å²) in [6.07, 6.45) is 5.29. The van der Waals surface area contributed by atoms with E-state index in [0.717, 1.165) is 28.9 Å². The van der Waals surface area contributed by atoms with Gasteiger partial charge in [-0.15, -0.1) is 0 Å². The van der Waals surface area contributed by atoms with Crippen LogP contribution in [-0.2, 0) is 0 Å². The number of H-pyrrole nitrogens is 1. The third-order valence-corrected chi connectivity index (χ3v) is 4.09. The molecule has 3 rings (SSSR count). The van der Waals surface area contributed by atoms with Crippen LogP contribution in [0.25, 0.3) is 11.0 Å². The van der Waals surface area contributed by atoms with Crippen LogP contribution in [0.5, 0.6) is 0 Å². The number of alkyl halides is 1. The van der Waals surface area contributed by atoms with Crippen molar-refractivity contribution in [2.75, 3.05) is 16.8 Å². The molecule has 0 bridgehead atoms. The summed E-state index contributed by atoms with van der Waals surface area (Å²) in [5.41, 5.74) is 2.19. The number of rotatable bonds is 4. The van der Waals surface area contributed by atoms with Crippen molar-refractivity contribution in [2.24, 2.45) is 0 Å². The van der Waals surface area contributed by atoms with Gasteiger partial charge in [-0.05, 0) is 25.0 Å². The average molecular weight is 308 g/mol. The van der Waals surface area contributed by atoms with E-state index >= 15 is 0 Å². The summed E-state index contributed by atoms with van der Waals surface area (Å²) in [5.74, 6) is 1.03. The number of benzene rings is 1. The molecule has 0 spiro atoms. The first-order valence-electron chi connectivity index (χ1n) is 6.66.